The molecule has 1 aromatic carbocycles. The summed E-state index contributed by atoms with van der Waals surface area (Å²) in [6.45, 7) is 1.50. The molecule has 4 heteroatoms. The lowest BCUT2D eigenvalue weighted by Gasteiger charge is -2.10. The minimum Gasteiger partial charge on any atom is -0.356 e. The minimum absolute atomic E-state index is 0.0470. The Bertz CT molecular complexity index is 403. The molecule has 0 bridgehead atoms. The number of halogens is 1. The predicted molar refractivity (Wildman–Crippen MR) is 68.8 cm³/mol. The van der Waals surface area contributed by atoms with Crippen molar-refractivity contribution in [3.8, 4) is 0 Å². The van der Waals surface area contributed by atoms with Crippen LogP contribution in [0, 0.1) is 5.82 Å². The maximum Gasteiger partial charge on any atom is 0.221 e. The molecule has 2 N–H and O–H groups in total. The largest absolute Gasteiger partial charge is 0.356 e. The lowest BCUT2D eigenvalue weighted by molar-refractivity contribution is -0.121. The highest BCUT2D eigenvalue weighted by Gasteiger charge is 2.17. The van der Waals surface area contributed by atoms with Crippen molar-refractivity contribution in [2.45, 2.75) is 31.7 Å². The van der Waals surface area contributed by atoms with E-state index in [1.807, 2.05) is 6.07 Å². The molecule has 1 unspecified atom stereocenters. The fraction of sp³-hybridized carbons (Fsp3) is 0.500. The van der Waals surface area contributed by atoms with Crippen LogP contribution in [0.25, 0.3) is 0 Å². The molecular weight excluding hydrogens is 231 g/mol. The van der Waals surface area contributed by atoms with Gasteiger partial charge in [-0.2, -0.15) is 0 Å². The molecule has 0 saturated carbocycles. The third-order valence-corrected chi connectivity index (χ3v) is 3.27. The van der Waals surface area contributed by atoms with Crippen LogP contribution < -0.4 is 10.6 Å². The molecule has 1 aromatic rings. The quantitative estimate of drug-likeness (QED) is 0.834. The van der Waals surface area contributed by atoms with E-state index in [-0.39, 0.29) is 11.7 Å². The molecule has 1 aliphatic heterocycles. The molecule has 0 aromatic heterocycles. The van der Waals surface area contributed by atoms with Gasteiger partial charge in [-0.05, 0) is 37.4 Å². The number of carbonyl (C=O) groups excluding carboxylic acids is 1. The van der Waals surface area contributed by atoms with Gasteiger partial charge in [0.2, 0.25) is 5.91 Å². The zero-order valence-electron chi connectivity index (χ0n) is 10.4. The molecule has 1 fully saturated rings. The van der Waals surface area contributed by atoms with E-state index in [0.29, 0.717) is 31.0 Å². The Hall–Kier alpha value is -1.42. The number of carbonyl (C=O) groups is 1. The zero-order valence-corrected chi connectivity index (χ0v) is 10.4. The van der Waals surface area contributed by atoms with Crippen LogP contribution in [-0.4, -0.2) is 25.0 Å². The third kappa shape index (κ3) is 3.81. The molecule has 1 aliphatic rings. The molecule has 2 rings (SSSR count). The second kappa shape index (κ2) is 6.50. The number of nitrogens with one attached hydrogen (secondary N) is 2. The van der Waals surface area contributed by atoms with E-state index in [2.05, 4.69) is 10.6 Å². The fourth-order valence-electron chi connectivity index (χ4n) is 2.26. The van der Waals surface area contributed by atoms with Crippen molar-refractivity contribution in [2.75, 3.05) is 13.1 Å². The maximum atomic E-state index is 13.3. The molecule has 0 spiro atoms. The van der Waals surface area contributed by atoms with Crippen LogP contribution in [0.5, 0.6) is 0 Å². The summed E-state index contributed by atoms with van der Waals surface area (Å²) in [5, 5.41) is 6.12. The van der Waals surface area contributed by atoms with Gasteiger partial charge in [0, 0.05) is 19.0 Å². The molecule has 1 heterocycles. The number of rotatable bonds is 5. The summed E-state index contributed by atoms with van der Waals surface area (Å²) in [6.07, 6.45) is 3.28. The Morgan fingerprint density at radius 1 is 1.44 bits per heavy atom. The molecule has 3 nitrogen and oxygen atoms in total. The maximum absolute atomic E-state index is 13.3. The van der Waals surface area contributed by atoms with Crippen LogP contribution >= 0.6 is 0 Å². The predicted octanol–water partition coefficient (Wildman–Crippen LogP) is 1.63. The second-order valence-corrected chi connectivity index (χ2v) is 4.69. The number of hydrogen-bond donors (Lipinski definition) is 2. The van der Waals surface area contributed by atoms with E-state index in [1.54, 1.807) is 12.1 Å². The van der Waals surface area contributed by atoms with Gasteiger partial charge in [-0.3, -0.25) is 4.79 Å². The van der Waals surface area contributed by atoms with Crippen molar-refractivity contribution in [1.29, 1.82) is 0 Å². The molecular formula is C14H19FN2O. The summed E-state index contributed by atoms with van der Waals surface area (Å²) < 4.78 is 13.3. The Kier molecular flexibility index (Phi) is 4.70. The van der Waals surface area contributed by atoms with Gasteiger partial charge in [-0.1, -0.05) is 18.2 Å². The summed E-state index contributed by atoms with van der Waals surface area (Å²) in [7, 11) is 0. The van der Waals surface area contributed by atoms with Gasteiger partial charge in [0.05, 0.1) is 0 Å². The lowest BCUT2D eigenvalue weighted by Crippen LogP contribution is -2.32. The monoisotopic (exact) mass is 250 g/mol. The van der Waals surface area contributed by atoms with E-state index in [0.717, 1.165) is 19.4 Å². The van der Waals surface area contributed by atoms with Gasteiger partial charge in [0.15, 0.2) is 0 Å². The minimum atomic E-state index is -0.204. The van der Waals surface area contributed by atoms with Gasteiger partial charge >= 0.3 is 0 Å². The van der Waals surface area contributed by atoms with Crippen LogP contribution in [-0.2, 0) is 11.2 Å². The average molecular weight is 250 g/mol. The lowest BCUT2D eigenvalue weighted by atomic mass is 10.1. The Morgan fingerprint density at radius 3 is 3.00 bits per heavy atom. The van der Waals surface area contributed by atoms with Gasteiger partial charge in [0.1, 0.15) is 5.82 Å². The van der Waals surface area contributed by atoms with Crippen molar-refractivity contribution >= 4 is 5.91 Å². The standard InChI is InChI=1S/C14H19FN2O/c15-13-6-2-1-4-11(13)7-9-17-14(18)10-12-5-3-8-16-12/h1-2,4,6,12,16H,3,5,7-10H2,(H,17,18). The Morgan fingerprint density at radius 2 is 2.28 bits per heavy atom. The molecule has 18 heavy (non-hydrogen) atoms. The van der Waals surface area contributed by atoms with E-state index in [9.17, 15) is 9.18 Å². The van der Waals surface area contributed by atoms with Crippen LogP contribution in [0.2, 0.25) is 0 Å². The number of amides is 1. The molecule has 1 saturated heterocycles. The van der Waals surface area contributed by atoms with E-state index in [4.69, 9.17) is 0 Å². The summed E-state index contributed by atoms with van der Waals surface area (Å²) in [6, 6.07) is 6.99. The topological polar surface area (TPSA) is 41.1 Å². The van der Waals surface area contributed by atoms with Crippen molar-refractivity contribution in [3.63, 3.8) is 0 Å². The molecule has 98 valence electrons. The second-order valence-electron chi connectivity index (χ2n) is 4.69. The zero-order chi connectivity index (χ0) is 12.8. The summed E-state index contributed by atoms with van der Waals surface area (Å²) in [4.78, 5) is 11.6. The van der Waals surface area contributed by atoms with Gasteiger partial charge in [0.25, 0.3) is 0 Å². The molecule has 1 atom stereocenters. The van der Waals surface area contributed by atoms with Gasteiger partial charge in [-0.25, -0.2) is 4.39 Å². The fourth-order valence-corrected chi connectivity index (χ4v) is 2.26. The number of benzene rings is 1. The summed E-state index contributed by atoms with van der Waals surface area (Å²) in [5.41, 5.74) is 0.650. The van der Waals surface area contributed by atoms with E-state index >= 15 is 0 Å². The average Bonchev–Trinajstić information content (AvgIpc) is 2.84. The van der Waals surface area contributed by atoms with E-state index < -0.39 is 0 Å². The van der Waals surface area contributed by atoms with Crippen molar-refractivity contribution in [1.82, 2.24) is 10.6 Å². The molecule has 1 amide bonds. The Balaban J connectivity index is 1.68. The molecule has 0 radical (unpaired) electrons. The van der Waals surface area contributed by atoms with Crippen molar-refractivity contribution in [2.24, 2.45) is 0 Å². The van der Waals surface area contributed by atoms with Crippen molar-refractivity contribution < 1.29 is 9.18 Å². The highest BCUT2D eigenvalue weighted by Crippen LogP contribution is 2.09. The highest BCUT2D eigenvalue weighted by molar-refractivity contribution is 5.76. The van der Waals surface area contributed by atoms with Crippen LogP contribution in [0.15, 0.2) is 24.3 Å². The normalized spacial score (nSPS) is 18.8. The third-order valence-electron chi connectivity index (χ3n) is 3.27. The summed E-state index contributed by atoms with van der Waals surface area (Å²) in [5.74, 6) is -0.157. The van der Waals surface area contributed by atoms with Gasteiger partial charge in [-0.15, -0.1) is 0 Å². The first kappa shape index (κ1) is 13.0. The SMILES string of the molecule is O=C(CC1CCCN1)NCCc1ccccc1F. The van der Waals surface area contributed by atoms with E-state index in [1.165, 1.54) is 6.07 Å². The van der Waals surface area contributed by atoms with Crippen LogP contribution in [0.1, 0.15) is 24.8 Å². The Labute approximate surface area is 107 Å². The smallest absolute Gasteiger partial charge is 0.221 e. The first-order valence-corrected chi connectivity index (χ1v) is 6.49. The first-order valence-electron chi connectivity index (χ1n) is 6.49. The molecule has 0 aliphatic carbocycles. The van der Waals surface area contributed by atoms with Crippen LogP contribution in [0.3, 0.4) is 0 Å². The number of hydrogen-bond acceptors (Lipinski definition) is 2. The highest BCUT2D eigenvalue weighted by atomic mass is 19.1. The van der Waals surface area contributed by atoms with Gasteiger partial charge < -0.3 is 10.6 Å². The van der Waals surface area contributed by atoms with Crippen molar-refractivity contribution in [3.05, 3.63) is 35.6 Å². The summed E-state index contributed by atoms with van der Waals surface area (Å²) >= 11 is 0. The first-order chi connectivity index (χ1) is 8.75. The van der Waals surface area contributed by atoms with Crippen LogP contribution in [0.4, 0.5) is 4.39 Å².